The Morgan fingerprint density at radius 1 is 1.24 bits per heavy atom. The van der Waals surface area contributed by atoms with Gasteiger partial charge in [0.05, 0.1) is 21.7 Å². The van der Waals surface area contributed by atoms with E-state index in [0.717, 1.165) is 21.1 Å². The third kappa shape index (κ3) is 2.26. The number of ether oxygens (including phenoxy) is 1. The van der Waals surface area contributed by atoms with Crippen molar-refractivity contribution >= 4 is 17.3 Å². The summed E-state index contributed by atoms with van der Waals surface area (Å²) in [6.45, 7) is 8.10. The first-order valence-corrected chi connectivity index (χ1v) is 7.58. The van der Waals surface area contributed by atoms with Crippen LogP contribution in [0.25, 0.3) is 10.6 Å². The fourth-order valence-corrected chi connectivity index (χ4v) is 4.03. The normalized spacial score (nSPS) is 18.5. The zero-order valence-electron chi connectivity index (χ0n) is 12.4. The highest BCUT2D eigenvalue weighted by Gasteiger charge is 2.46. The summed E-state index contributed by atoms with van der Waals surface area (Å²) in [7, 11) is 0. The molecule has 2 aromatic rings. The summed E-state index contributed by atoms with van der Waals surface area (Å²) in [5.74, 6) is -0.926. The molecule has 1 N–H and O–H groups in total. The maximum Gasteiger partial charge on any atom is 0.335 e. The van der Waals surface area contributed by atoms with Crippen molar-refractivity contribution in [3.63, 3.8) is 0 Å². The first kappa shape index (κ1) is 14.2. The number of thiazole rings is 1. The number of fused-ring (bicyclic) bond motifs is 1. The minimum absolute atomic E-state index is 0.276. The second-order valence-electron chi connectivity index (χ2n) is 6.21. The van der Waals surface area contributed by atoms with Gasteiger partial charge in [0.1, 0.15) is 10.6 Å². The van der Waals surface area contributed by atoms with Crippen LogP contribution in [0.5, 0.6) is 0 Å². The average Bonchev–Trinajstić information content (AvgIpc) is 2.90. The minimum atomic E-state index is -0.926. The summed E-state index contributed by atoms with van der Waals surface area (Å²) in [6, 6.07) is 6.89. The Balaban J connectivity index is 2.11. The van der Waals surface area contributed by atoms with Gasteiger partial charge in [0.2, 0.25) is 0 Å². The van der Waals surface area contributed by atoms with Gasteiger partial charge in [-0.3, -0.25) is 0 Å². The number of rotatable bonds is 2. The van der Waals surface area contributed by atoms with E-state index in [0.29, 0.717) is 0 Å². The maximum atomic E-state index is 11.1. The number of hydrogen-bond acceptors (Lipinski definition) is 4. The summed E-state index contributed by atoms with van der Waals surface area (Å²) in [5, 5.41) is 9.94. The largest absolute Gasteiger partial charge is 0.478 e. The highest BCUT2D eigenvalue weighted by atomic mass is 32.1. The molecule has 110 valence electrons. The van der Waals surface area contributed by atoms with E-state index in [1.54, 1.807) is 29.5 Å². The summed E-state index contributed by atoms with van der Waals surface area (Å²) in [6.07, 6.45) is 0. The lowest BCUT2D eigenvalue weighted by Gasteiger charge is -2.24. The zero-order chi connectivity index (χ0) is 15.4. The van der Waals surface area contributed by atoms with Crippen LogP contribution in [0.2, 0.25) is 0 Å². The lowest BCUT2D eigenvalue weighted by atomic mass is 10.0. The Morgan fingerprint density at radius 3 is 2.57 bits per heavy atom. The molecule has 5 heteroatoms. The predicted octanol–water partition coefficient (Wildman–Crippen LogP) is 4.01. The molecule has 0 radical (unpaired) electrons. The Morgan fingerprint density at radius 2 is 1.95 bits per heavy atom. The van der Waals surface area contributed by atoms with E-state index in [-0.39, 0.29) is 11.2 Å². The van der Waals surface area contributed by atoms with Gasteiger partial charge in [-0.25, -0.2) is 9.78 Å². The van der Waals surface area contributed by atoms with E-state index in [9.17, 15) is 4.79 Å². The van der Waals surface area contributed by atoms with Crippen LogP contribution >= 0.6 is 11.3 Å². The molecule has 1 aromatic carbocycles. The van der Waals surface area contributed by atoms with E-state index >= 15 is 0 Å². The highest BCUT2D eigenvalue weighted by Crippen LogP contribution is 2.50. The van der Waals surface area contributed by atoms with Crippen LogP contribution in [0.4, 0.5) is 0 Å². The second kappa shape index (κ2) is 4.39. The summed E-state index contributed by atoms with van der Waals surface area (Å²) < 4.78 is 6.05. The molecule has 0 saturated heterocycles. The molecule has 0 fully saturated rings. The van der Waals surface area contributed by atoms with Crippen LogP contribution in [-0.2, 0) is 15.9 Å². The molecule has 1 aliphatic rings. The Kier molecular flexibility index (Phi) is 2.97. The predicted molar refractivity (Wildman–Crippen MR) is 81.6 cm³/mol. The summed E-state index contributed by atoms with van der Waals surface area (Å²) in [5.41, 5.74) is 1.28. The summed E-state index contributed by atoms with van der Waals surface area (Å²) in [4.78, 5) is 16.9. The first-order chi connectivity index (χ1) is 9.71. The molecule has 0 bridgehead atoms. The molecular weight excluding hydrogens is 286 g/mol. The van der Waals surface area contributed by atoms with E-state index in [1.807, 2.05) is 33.8 Å². The van der Waals surface area contributed by atoms with Crippen LogP contribution in [-0.4, -0.2) is 16.1 Å². The van der Waals surface area contributed by atoms with Crippen LogP contribution in [0.1, 0.15) is 48.6 Å². The van der Waals surface area contributed by atoms with Crippen molar-refractivity contribution in [3.8, 4) is 10.6 Å². The van der Waals surface area contributed by atoms with E-state index < -0.39 is 11.6 Å². The van der Waals surface area contributed by atoms with Crippen LogP contribution in [0, 0.1) is 0 Å². The Hall–Kier alpha value is -1.72. The highest BCUT2D eigenvalue weighted by molar-refractivity contribution is 7.15. The van der Waals surface area contributed by atoms with E-state index in [2.05, 4.69) is 0 Å². The lowest BCUT2D eigenvalue weighted by Crippen LogP contribution is -2.23. The van der Waals surface area contributed by atoms with Crippen molar-refractivity contribution in [2.75, 3.05) is 0 Å². The number of benzene rings is 1. The standard InChI is InChI=1S/C16H17NO3S/c1-15(2)11-12(16(3,4)20-15)21-13(17-11)9-6-5-7-10(8-9)14(18)19/h5-8H,1-4H3,(H,18,19). The third-order valence-electron chi connectivity index (χ3n) is 3.61. The van der Waals surface area contributed by atoms with Gasteiger partial charge in [-0.15, -0.1) is 11.3 Å². The number of aromatic carboxylic acids is 1. The van der Waals surface area contributed by atoms with Gasteiger partial charge in [0.25, 0.3) is 0 Å². The second-order valence-corrected chi connectivity index (χ2v) is 7.20. The molecular formula is C16H17NO3S. The van der Waals surface area contributed by atoms with E-state index in [1.165, 1.54) is 0 Å². The van der Waals surface area contributed by atoms with E-state index in [4.69, 9.17) is 14.8 Å². The minimum Gasteiger partial charge on any atom is -0.478 e. The van der Waals surface area contributed by atoms with Crippen LogP contribution < -0.4 is 0 Å². The van der Waals surface area contributed by atoms with Crippen molar-refractivity contribution in [3.05, 3.63) is 40.4 Å². The number of carboxylic acids is 1. The maximum absolute atomic E-state index is 11.1. The average molecular weight is 303 g/mol. The third-order valence-corrected chi connectivity index (χ3v) is 5.02. The molecule has 4 nitrogen and oxygen atoms in total. The van der Waals surface area contributed by atoms with Crippen molar-refractivity contribution in [1.82, 2.24) is 4.98 Å². The molecule has 0 amide bonds. The molecule has 2 heterocycles. The molecule has 21 heavy (non-hydrogen) atoms. The van der Waals surface area contributed by atoms with Gasteiger partial charge in [-0.1, -0.05) is 12.1 Å². The Bertz CT molecular complexity index is 699. The topological polar surface area (TPSA) is 59.4 Å². The molecule has 0 atom stereocenters. The van der Waals surface area contributed by atoms with Gasteiger partial charge < -0.3 is 9.84 Å². The molecule has 0 unspecified atom stereocenters. The zero-order valence-corrected chi connectivity index (χ0v) is 13.2. The first-order valence-electron chi connectivity index (χ1n) is 6.76. The molecule has 1 aliphatic heterocycles. The van der Waals surface area contributed by atoms with Crippen molar-refractivity contribution in [1.29, 1.82) is 0 Å². The van der Waals surface area contributed by atoms with Gasteiger partial charge in [0, 0.05) is 5.56 Å². The van der Waals surface area contributed by atoms with Gasteiger partial charge >= 0.3 is 5.97 Å². The quantitative estimate of drug-likeness (QED) is 0.910. The van der Waals surface area contributed by atoms with Gasteiger partial charge in [-0.05, 0) is 39.8 Å². The van der Waals surface area contributed by atoms with Crippen LogP contribution in [0.15, 0.2) is 24.3 Å². The molecule has 1 aromatic heterocycles. The SMILES string of the molecule is CC1(C)OC(C)(C)c2sc(-c3cccc(C(=O)O)c3)nc21. The summed E-state index contributed by atoms with van der Waals surface area (Å²) >= 11 is 1.58. The number of hydrogen-bond donors (Lipinski definition) is 1. The Labute approximate surface area is 127 Å². The molecule has 3 rings (SSSR count). The van der Waals surface area contributed by atoms with Crippen molar-refractivity contribution < 1.29 is 14.6 Å². The number of aromatic nitrogens is 1. The fraction of sp³-hybridized carbons (Fsp3) is 0.375. The monoisotopic (exact) mass is 303 g/mol. The fourth-order valence-electron chi connectivity index (χ4n) is 2.78. The van der Waals surface area contributed by atoms with Crippen LogP contribution in [0.3, 0.4) is 0 Å². The van der Waals surface area contributed by atoms with Gasteiger partial charge in [-0.2, -0.15) is 0 Å². The van der Waals surface area contributed by atoms with Crippen molar-refractivity contribution in [2.45, 2.75) is 38.9 Å². The molecule has 0 aliphatic carbocycles. The molecule has 0 saturated carbocycles. The van der Waals surface area contributed by atoms with Gasteiger partial charge in [0.15, 0.2) is 0 Å². The number of carbonyl (C=O) groups is 1. The number of nitrogens with zero attached hydrogens (tertiary/aromatic N) is 1. The number of carboxylic acid groups (broad SMARTS) is 1. The van der Waals surface area contributed by atoms with Crippen molar-refractivity contribution in [2.24, 2.45) is 0 Å². The lowest BCUT2D eigenvalue weighted by molar-refractivity contribution is -0.105. The molecule has 0 spiro atoms. The smallest absolute Gasteiger partial charge is 0.335 e.